The fourth-order valence-corrected chi connectivity index (χ4v) is 5.13. The molecule has 34 heavy (non-hydrogen) atoms. The number of nitrogens with one attached hydrogen (secondary N) is 1. The number of anilines is 1. The van der Waals surface area contributed by atoms with Crippen LogP contribution in [-0.4, -0.2) is 66.4 Å². The molecule has 3 heterocycles. The maximum absolute atomic E-state index is 10.1. The average Bonchev–Trinajstić information content (AvgIpc) is 3.49. The Morgan fingerprint density at radius 1 is 1.26 bits per heavy atom. The van der Waals surface area contributed by atoms with Crippen molar-refractivity contribution in [3.8, 4) is 11.1 Å². The lowest BCUT2D eigenvalue weighted by Crippen LogP contribution is -2.35. The van der Waals surface area contributed by atoms with Crippen LogP contribution in [0.3, 0.4) is 0 Å². The van der Waals surface area contributed by atoms with E-state index in [0.717, 1.165) is 67.1 Å². The van der Waals surface area contributed by atoms with Crippen LogP contribution in [0.4, 0.5) is 5.82 Å². The zero-order valence-electron chi connectivity index (χ0n) is 20.7. The molecule has 1 aliphatic carbocycles. The molecule has 2 N–H and O–H groups in total. The van der Waals surface area contributed by atoms with Crippen LogP contribution in [0.1, 0.15) is 62.8 Å². The molecule has 0 unspecified atom stereocenters. The van der Waals surface area contributed by atoms with Gasteiger partial charge < -0.3 is 20.1 Å². The van der Waals surface area contributed by atoms with E-state index in [2.05, 4.69) is 52.0 Å². The van der Waals surface area contributed by atoms with Crippen LogP contribution in [-0.2, 0) is 4.74 Å². The molecule has 0 amide bonds. The molecule has 2 aromatic rings. The number of rotatable bonds is 7. The summed E-state index contributed by atoms with van der Waals surface area (Å²) in [5, 5.41) is 18.2. The molecule has 2 aromatic heterocycles. The van der Waals surface area contributed by atoms with Crippen molar-refractivity contribution in [3.63, 3.8) is 0 Å². The predicted molar refractivity (Wildman–Crippen MR) is 138 cm³/mol. The highest BCUT2D eigenvalue weighted by Gasteiger charge is 2.26. The third kappa shape index (κ3) is 5.50. The second-order valence-electron chi connectivity index (χ2n) is 9.56. The second kappa shape index (κ2) is 11.1. The van der Waals surface area contributed by atoms with Gasteiger partial charge in [-0.2, -0.15) is 0 Å². The van der Waals surface area contributed by atoms with Crippen LogP contribution in [0.5, 0.6) is 0 Å². The minimum Gasteiger partial charge on any atom is -0.393 e. The van der Waals surface area contributed by atoms with Crippen LogP contribution in [0.25, 0.3) is 11.1 Å². The van der Waals surface area contributed by atoms with Crippen molar-refractivity contribution >= 4 is 18.5 Å². The van der Waals surface area contributed by atoms with Gasteiger partial charge in [-0.15, -0.1) is 5.10 Å². The largest absolute Gasteiger partial charge is 0.393 e. The number of nitrogens with zero attached hydrogens (tertiary/aromatic N) is 5. The van der Waals surface area contributed by atoms with E-state index in [0.29, 0.717) is 18.5 Å². The van der Waals surface area contributed by atoms with Gasteiger partial charge in [-0.25, -0.2) is 14.7 Å². The summed E-state index contributed by atoms with van der Waals surface area (Å²) in [6.45, 7) is 10.5. The first-order valence-electron chi connectivity index (χ1n) is 12.4. The summed E-state index contributed by atoms with van der Waals surface area (Å²) in [6, 6.07) is 6.60. The molecule has 0 aromatic carbocycles. The Bertz CT molecular complexity index is 1000. The zero-order chi connectivity index (χ0) is 24.1. The first-order valence-corrected chi connectivity index (χ1v) is 12.4. The van der Waals surface area contributed by atoms with Gasteiger partial charge in [0.2, 0.25) is 5.96 Å². The van der Waals surface area contributed by atoms with Crippen LogP contribution < -0.4 is 10.2 Å². The summed E-state index contributed by atoms with van der Waals surface area (Å²) in [5.74, 6) is 1.85. The van der Waals surface area contributed by atoms with Gasteiger partial charge in [-0.1, -0.05) is 0 Å². The van der Waals surface area contributed by atoms with Gasteiger partial charge in [-0.3, -0.25) is 0 Å². The summed E-state index contributed by atoms with van der Waals surface area (Å²) in [4.78, 5) is 11.1. The normalized spacial score (nSPS) is 22.1. The highest BCUT2D eigenvalue weighted by molar-refractivity contribution is 5.84. The van der Waals surface area contributed by atoms with E-state index in [1.54, 1.807) is 7.11 Å². The van der Waals surface area contributed by atoms with Crippen molar-refractivity contribution in [3.05, 3.63) is 35.8 Å². The number of pyridine rings is 1. The maximum Gasteiger partial charge on any atom is 0.240 e. The summed E-state index contributed by atoms with van der Waals surface area (Å²) in [5.41, 5.74) is 4.51. The van der Waals surface area contributed by atoms with Crippen molar-refractivity contribution < 1.29 is 9.84 Å². The molecule has 1 saturated carbocycles. The van der Waals surface area contributed by atoms with Gasteiger partial charge >= 0.3 is 0 Å². The van der Waals surface area contributed by atoms with Crippen LogP contribution in [0.2, 0.25) is 0 Å². The molecule has 2 fully saturated rings. The molecule has 0 bridgehead atoms. The van der Waals surface area contributed by atoms with E-state index in [4.69, 9.17) is 9.84 Å². The molecular formula is C26H38N6O2. The molecule has 1 saturated heterocycles. The second-order valence-corrected chi connectivity index (χ2v) is 9.56. The summed E-state index contributed by atoms with van der Waals surface area (Å²) in [6.07, 6.45) is 7.67. The first-order chi connectivity index (χ1) is 16.5. The highest BCUT2D eigenvalue weighted by Crippen LogP contribution is 2.38. The quantitative estimate of drug-likeness (QED) is 0.477. The van der Waals surface area contributed by atoms with E-state index in [-0.39, 0.29) is 12.1 Å². The first kappa shape index (κ1) is 24.4. The van der Waals surface area contributed by atoms with Gasteiger partial charge in [0.1, 0.15) is 5.82 Å². The van der Waals surface area contributed by atoms with Crippen LogP contribution in [0.15, 0.2) is 34.5 Å². The van der Waals surface area contributed by atoms with Crippen molar-refractivity contribution in [1.29, 1.82) is 0 Å². The number of hydrogen-bond donors (Lipinski definition) is 2. The summed E-state index contributed by atoms with van der Waals surface area (Å²) in [7, 11) is 1.68. The standard InChI is InChI=1S/C26H38N6O2/c1-18(17-34-4)29-26(27-3)30-32-19(2)23(16-24(32)20-7-9-22(33)10-8-20)21-11-12-28-25(15-21)31-13-5-6-14-31/h11-12,15-16,18,20,22,33H,3,5-10,13-14,17H2,1-2,4H3,(H,29,30)/t18-,20-,22-/m0/s1. The Balaban J connectivity index is 1.73. The van der Waals surface area contributed by atoms with Crippen LogP contribution in [0, 0.1) is 6.92 Å². The summed E-state index contributed by atoms with van der Waals surface area (Å²) >= 11 is 0. The van der Waals surface area contributed by atoms with Gasteiger partial charge in [0, 0.05) is 55.3 Å². The Labute approximate surface area is 202 Å². The minimum absolute atomic E-state index is 0.0566. The molecule has 0 spiro atoms. The van der Waals surface area contributed by atoms with E-state index < -0.39 is 0 Å². The van der Waals surface area contributed by atoms with E-state index in [1.807, 2.05) is 17.8 Å². The van der Waals surface area contributed by atoms with E-state index in [1.165, 1.54) is 12.8 Å². The molecule has 2 aliphatic rings. The van der Waals surface area contributed by atoms with Gasteiger partial charge in [0.25, 0.3) is 0 Å². The lowest BCUT2D eigenvalue weighted by Gasteiger charge is -2.26. The molecule has 184 valence electrons. The molecule has 1 atom stereocenters. The van der Waals surface area contributed by atoms with Gasteiger partial charge in [0.05, 0.1) is 12.7 Å². The third-order valence-corrected chi connectivity index (χ3v) is 6.98. The highest BCUT2D eigenvalue weighted by atomic mass is 16.5. The van der Waals surface area contributed by atoms with Crippen molar-refractivity contribution in [2.45, 2.75) is 70.4 Å². The molecule has 8 heteroatoms. The van der Waals surface area contributed by atoms with Crippen molar-refractivity contribution in [2.75, 3.05) is 31.7 Å². The SMILES string of the molecule is C=N/C(=N\n1c(C)c(-c2ccnc(N3CCCC3)c2)cc1[C@H]1CC[C@H](O)CC1)N[C@@H](C)COC. The lowest BCUT2D eigenvalue weighted by molar-refractivity contribution is 0.121. The number of hydrogen-bond acceptors (Lipinski definition) is 5. The minimum atomic E-state index is -0.200. The number of aliphatic hydroxyl groups excluding tert-OH is 1. The topological polar surface area (TPSA) is 87.3 Å². The predicted octanol–water partition coefficient (Wildman–Crippen LogP) is 3.92. The van der Waals surface area contributed by atoms with Crippen molar-refractivity contribution in [1.82, 2.24) is 15.0 Å². The smallest absolute Gasteiger partial charge is 0.240 e. The lowest BCUT2D eigenvalue weighted by atomic mass is 9.85. The maximum atomic E-state index is 10.1. The Morgan fingerprint density at radius 3 is 2.68 bits per heavy atom. The Morgan fingerprint density at radius 2 is 2.00 bits per heavy atom. The van der Waals surface area contributed by atoms with Crippen molar-refractivity contribution in [2.24, 2.45) is 10.1 Å². The number of ether oxygens (including phenoxy) is 1. The Hall–Kier alpha value is -2.71. The fraction of sp³-hybridized carbons (Fsp3) is 0.577. The van der Waals surface area contributed by atoms with Crippen LogP contribution >= 0.6 is 0 Å². The molecule has 0 radical (unpaired) electrons. The van der Waals surface area contributed by atoms with Gasteiger partial charge in [-0.05, 0) is 82.9 Å². The number of methoxy groups -OCH3 is 1. The number of aliphatic imine (C=N–C) groups is 1. The number of aromatic nitrogens is 2. The Kier molecular flexibility index (Phi) is 8.00. The van der Waals surface area contributed by atoms with Gasteiger partial charge in [0.15, 0.2) is 0 Å². The summed E-state index contributed by atoms with van der Waals surface area (Å²) < 4.78 is 7.27. The number of guanidine groups is 1. The zero-order valence-corrected chi connectivity index (χ0v) is 20.7. The molecule has 8 nitrogen and oxygen atoms in total. The molecular weight excluding hydrogens is 428 g/mol. The number of aliphatic hydroxyl groups is 1. The fourth-order valence-electron chi connectivity index (χ4n) is 5.13. The van der Waals surface area contributed by atoms with E-state index in [9.17, 15) is 5.11 Å². The molecule has 4 rings (SSSR count). The monoisotopic (exact) mass is 466 g/mol. The third-order valence-electron chi connectivity index (χ3n) is 6.98. The average molecular weight is 467 g/mol. The van der Waals surface area contributed by atoms with E-state index >= 15 is 0 Å². The molecule has 1 aliphatic heterocycles.